The Bertz CT molecular complexity index is 691. The van der Waals surface area contributed by atoms with Gasteiger partial charge < -0.3 is 14.9 Å². The zero-order valence-electron chi connectivity index (χ0n) is 14.2. The Morgan fingerprint density at radius 2 is 1.88 bits per heavy atom. The Balaban J connectivity index is 2.67. The summed E-state index contributed by atoms with van der Waals surface area (Å²) in [5.41, 5.74) is -1.04. The highest BCUT2D eigenvalue weighted by molar-refractivity contribution is 6.05. The summed E-state index contributed by atoms with van der Waals surface area (Å²) in [5, 5.41) is 20.4. The number of aliphatic hydroxyl groups is 1. The number of ketones is 3. The van der Waals surface area contributed by atoms with Crippen molar-refractivity contribution in [3.8, 4) is 11.5 Å². The minimum Gasteiger partial charge on any atom is -0.504 e. The van der Waals surface area contributed by atoms with Gasteiger partial charge >= 0.3 is 0 Å². The molecule has 24 heavy (non-hydrogen) atoms. The molecule has 0 radical (unpaired) electrons. The maximum Gasteiger partial charge on any atom is 0.160 e. The molecular formula is C18H22O6. The van der Waals surface area contributed by atoms with Crippen molar-refractivity contribution in [1.29, 1.82) is 0 Å². The van der Waals surface area contributed by atoms with Gasteiger partial charge in [-0.05, 0) is 38.5 Å². The number of phenols is 1. The van der Waals surface area contributed by atoms with Crippen molar-refractivity contribution in [3.63, 3.8) is 0 Å². The summed E-state index contributed by atoms with van der Waals surface area (Å²) in [5.74, 6) is -3.65. The molecule has 2 rings (SSSR count). The van der Waals surface area contributed by atoms with Crippen LogP contribution in [-0.2, 0) is 14.4 Å². The molecule has 0 saturated heterocycles. The lowest BCUT2D eigenvalue weighted by Crippen LogP contribution is -2.53. The highest BCUT2D eigenvalue weighted by Gasteiger charge is 2.53. The molecule has 1 aromatic carbocycles. The third kappa shape index (κ3) is 3.06. The zero-order chi connectivity index (χ0) is 18.2. The summed E-state index contributed by atoms with van der Waals surface area (Å²) in [7, 11) is 1.38. The molecule has 0 aliphatic heterocycles. The zero-order valence-corrected chi connectivity index (χ0v) is 14.2. The van der Waals surface area contributed by atoms with Crippen molar-refractivity contribution in [1.82, 2.24) is 0 Å². The monoisotopic (exact) mass is 334 g/mol. The van der Waals surface area contributed by atoms with Crippen LogP contribution in [0, 0.1) is 11.8 Å². The lowest BCUT2D eigenvalue weighted by atomic mass is 9.60. The smallest absolute Gasteiger partial charge is 0.160 e. The number of hydrogen-bond acceptors (Lipinski definition) is 6. The van der Waals surface area contributed by atoms with E-state index in [2.05, 4.69) is 0 Å². The summed E-state index contributed by atoms with van der Waals surface area (Å²) >= 11 is 0. The predicted octanol–water partition coefficient (Wildman–Crippen LogP) is 1.62. The van der Waals surface area contributed by atoms with Gasteiger partial charge in [-0.15, -0.1) is 0 Å². The number of Topliss-reactive ketones (excluding diaryl/α,β-unsaturated/α-hetero) is 3. The topological polar surface area (TPSA) is 101 Å². The van der Waals surface area contributed by atoms with Crippen LogP contribution < -0.4 is 4.74 Å². The van der Waals surface area contributed by atoms with Gasteiger partial charge in [0.15, 0.2) is 11.5 Å². The first-order valence-corrected chi connectivity index (χ1v) is 7.73. The fraction of sp³-hybridized carbons (Fsp3) is 0.500. The molecule has 1 aliphatic rings. The molecular weight excluding hydrogens is 312 g/mol. The van der Waals surface area contributed by atoms with Crippen molar-refractivity contribution < 1.29 is 29.3 Å². The van der Waals surface area contributed by atoms with Crippen LogP contribution in [0.1, 0.15) is 38.7 Å². The third-order valence-corrected chi connectivity index (χ3v) is 4.73. The molecule has 4 atom stereocenters. The van der Waals surface area contributed by atoms with Gasteiger partial charge in [-0.1, -0.05) is 6.07 Å². The van der Waals surface area contributed by atoms with E-state index in [4.69, 9.17) is 4.74 Å². The summed E-state index contributed by atoms with van der Waals surface area (Å²) < 4.78 is 5.08. The van der Waals surface area contributed by atoms with E-state index < -0.39 is 23.4 Å². The van der Waals surface area contributed by atoms with Crippen LogP contribution in [0.25, 0.3) is 0 Å². The van der Waals surface area contributed by atoms with Gasteiger partial charge in [0.25, 0.3) is 0 Å². The quantitative estimate of drug-likeness (QED) is 0.812. The maximum atomic E-state index is 12.5. The Hall–Kier alpha value is -2.21. The highest BCUT2D eigenvalue weighted by Crippen LogP contribution is 2.47. The van der Waals surface area contributed by atoms with Crippen molar-refractivity contribution >= 4 is 17.3 Å². The molecule has 130 valence electrons. The first-order chi connectivity index (χ1) is 11.1. The lowest BCUT2D eigenvalue weighted by molar-refractivity contribution is -0.151. The van der Waals surface area contributed by atoms with Crippen molar-refractivity contribution in [3.05, 3.63) is 23.8 Å². The molecule has 0 heterocycles. The minimum atomic E-state index is -1.54. The van der Waals surface area contributed by atoms with E-state index in [-0.39, 0.29) is 35.3 Å². The third-order valence-electron chi connectivity index (χ3n) is 4.73. The minimum absolute atomic E-state index is 0.0890. The summed E-state index contributed by atoms with van der Waals surface area (Å²) in [6.45, 7) is 4.10. The van der Waals surface area contributed by atoms with Crippen LogP contribution in [0.3, 0.4) is 0 Å². The van der Waals surface area contributed by atoms with Crippen molar-refractivity contribution in [2.24, 2.45) is 11.8 Å². The average molecular weight is 334 g/mol. The Morgan fingerprint density at radius 3 is 2.38 bits per heavy atom. The van der Waals surface area contributed by atoms with Gasteiger partial charge in [0.05, 0.1) is 24.5 Å². The molecule has 1 saturated carbocycles. The molecule has 0 amide bonds. The number of carbonyl (C=O) groups excluding carboxylic acids is 3. The van der Waals surface area contributed by atoms with Crippen LogP contribution in [0.2, 0.25) is 0 Å². The normalized spacial score (nSPS) is 30.0. The van der Waals surface area contributed by atoms with Crippen LogP contribution in [0.5, 0.6) is 11.5 Å². The van der Waals surface area contributed by atoms with Gasteiger partial charge in [-0.2, -0.15) is 0 Å². The second kappa shape index (κ2) is 6.36. The molecule has 0 spiro atoms. The molecule has 0 aromatic heterocycles. The molecule has 6 heteroatoms. The molecule has 0 bridgehead atoms. The molecule has 1 aliphatic carbocycles. The molecule has 6 nitrogen and oxygen atoms in total. The van der Waals surface area contributed by atoms with E-state index in [0.717, 1.165) is 0 Å². The largest absolute Gasteiger partial charge is 0.504 e. The van der Waals surface area contributed by atoms with E-state index in [9.17, 15) is 24.6 Å². The predicted molar refractivity (Wildman–Crippen MR) is 86.0 cm³/mol. The fourth-order valence-corrected chi connectivity index (χ4v) is 3.81. The number of rotatable bonds is 4. The van der Waals surface area contributed by atoms with Gasteiger partial charge in [-0.3, -0.25) is 14.4 Å². The van der Waals surface area contributed by atoms with E-state index in [1.54, 1.807) is 6.07 Å². The van der Waals surface area contributed by atoms with Crippen LogP contribution in [0.4, 0.5) is 0 Å². The lowest BCUT2D eigenvalue weighted by Gasteiger charge is -2.44. The SMILES string of the molecule is COc1cc([C@H]2[C@@H](C(C)=O)C(=O)C[C@@](C)(O)[C@@H]2C(C)=O)ccc1O. The van der Waals surface area contributed by atoms with E-state index in [1.165, 1.54) is 40.0 Å². The molecule has 1 aromatic rings. The summed E-state index contributed by atoms with van der Waals surface area (Å²) in [4.78, 5) is 36.8. The number of hydrogen-bond donors (Lipinski definition) is 2. The molecule has 2 N–H and O–H groups in total. The van der Waals surface area contributed by atoms with Crippen molar-refractivity contribution in [2.45, 2.75) is 38.7 Å². The van der Waals surface area contributed by atoms with E-state index in [1.807, 2.05) is 0 Å². The van der Waals surface area contributed by atoms with Crippen LogP contribution in [0.15, 0.2) is 18.2 Å². The van der Waals surface area contributed by atoms with Crippen LogP contribution in [-0.4, -0.2) is 40.3 Å². The number of aromatic hydroxyl groups is 1. The maximum absolute atomic E-state index is 12.5. The van der Waals surface area contributed by atoms with E-state index >= 15 is 0 Å². The number of phenolic OH excluding ortho intramolecular Hbond substituents is 1. The number of ether oxygens (including phenoxy) is 1. The number of methoxy groups -OCH3 is 1. The highest BCUT2D eigenvalue weighted by atomic mass is 16.5. The Labute approximate surface area is 140 Å². The fourth-order valence-electron chi connectivity index (χ4n) is 3.81. The summed E-state index contributed by atoms with van der Waals surface area (Å²) in [6, 6.07) is 4.43. The number of benzene rings is 1. The van der Waals surface area contributed by atoms with Crippen molar-refractivity contribution in [2.75, 3.05) is 7.11 Å². The van der Waals surface area contributed by atoms with Gasteiger partial charge in [-0.25, -0.2) is 0 Å². The second-order valence-electron chi connectivity index (χ2n) is 6.63. The van der Waals surface area contributed by atoms with Gasteiger partial charge in [0, 0.05) is 12.3 Å². The molecule has 0 unspecified atom stereocenters. The first kappa shape index (κ1) is 18.1. The van der Waals surface area contributed by atoms with Gasteiger partial charge in [0.1, 0.15) is 17.3 Å². The first-order valence-electron chi connectivity index (χ1n) is 7.73. The molecule has 1 fully saturated rings. The summed E-state index contributed by atoms with van der Waals surface area (Å²) in [6.07, 6.45) is -0.243. The number of carbonyl (C=O) groups is 3. The van der Waals surface area contributed by atoms with Crippen LogP contribution >= 0.6 is 0 Å². The van der Waals surface area contributed by atoms with E-state index in [0.29, 0.717) is 5.56 Å². The standard InChI is InChI=1S/C18H22O6/c1-9(19)15-13(22)8-18(3,23)17(10(2)20)16(15)11-5-6-12(21)14(7-11)24-4/h5-7,15-17,21,23H,8H2,1-4H3/t15-,16-,17+,18+/m0/s1. The van der Waals surface area contributed by atoms with Gasteiger partial charge in [0.2, 0.25) is 0 Å². The second-order valence-corrected chi connectivity index (χ2v) is 6.63. The Kier molecular flexibility index (Phi) is 4.80. The average Bonchev–Trinajstić information content (AvgIpc) is 2.44. The Morgan fingerprint density at radius 1 is 1.25 bits per heavy atom.